The van der Waals surface area contributed by atoms with Crippen LogP contribution in [-0.2, 0) is 28.6 Å². The number of carbonyl (C=O) groups is 3. The lowest BCUT2D eigenvalue weighted by atomic mass is 10.0. The molecule has 1 unspecified atom stereocenters. The van der Waals surface area contributed by atoms with Crippen LogP contribution < -0.4 is 0 Å². The second kappa shape index (κ2) is 59.6. The molecule has 0 aliphatic carbocycles. The Morgan fingerprint density at radius 1 is 0.292 bits per heavy atom. The van der Waals surface area contributed by atoms with Crippen molar-refractivity contribution < 1.29 is 28.6 Å². The molecule has 1 atom stereocenters. The highest BCUT2D eigenvalue weighted by molar-refractivity contribution is 5.71. The van der Waals surface area contributed by atoms with Crippen LogP contribution in [0.2, 0.25) is 0 Å². The Labute approximate surface area is 444 Å². The van der Waals surface area contributed by atoms with Gasteiger partial charge < -0.3 is 14.2 Å². The van der Waals surface area contributed by atoms with Crippen molar-refractivity contribution in [3.63, 3.8) is 0 Å². The summed E-state index contributed by atoms with van der Waals surface area (Å²) >= 11 is 0. The van der Waals surface area contributed by atoms with E-state index in [4.69, 9.17) is 14.2 Å². The monoisotopic (exact) mass is 999 g/mol. The molecular weight excluding hydrogens is 889 g/mol. The molecule has 0 aromatic rings. The van der Waals surface area contributed by atoms with E-state index in [1.807, 2.05) is 0 Å². The van der Waals surface area contributed by atoms with Crippen molar-refractivity contribution in [1.82, 2.24) is 0 Å². The van der Waals surface area contributed by atoms with E-state index in [9.17, 15) is 14.4 Å². The molecular formula is C66H110O6. The topological polar surface area (TPSA) is 78.9 Å². The number of carbonyl (C=O) groups excluding carboxylic acids is 3. The molecule has 0 aliphatic heterocycles. The van der Waals surface area contributed by atoms with Crippen molar-refractivity contribution in [2.75, 3.05) is 13.2 Å². The summed E-state index contributed by atoms with van der Waals surface area (Å²) in [5.41, 5.74) is 0. The van der Waals surface area contributed by atoms with Gasteiger partial charge in [0.25, 0.3) is 0 Å². The summed E-state index contributed by atoms with van der Waals surface area (Å²) in [5.74, 6) is -0.975. The maximum atomic E-state index is 12.9. The quantitative estimate of drug-likeness (QED) is 0.0261. The van der Waals surface area contributed by atoms with Crippen molar-refractivity contribution in [2.24, 2.45) is 0 Å². The van der Waals surface area contributed by atoms with E-state index in [0.717, 1.165) is 116 Å². The first-order valence-corrected chi connectivity index (χ1v) is 29.9. The van der Waals surface area contributed by atoms with Gasteiger partial charge in [0.2, 0.25) is 0 Å². The minimum atomic E-state index is -0.814. The van der Waals surface area contributed by atoms with Gasteiger partial charge in [-0.15, -0.1) is 0 Å². The molecule has 0 bridgehead atoms. The van der Waals surface area contributed by atoms with Gasteiger partial charge in [0.05, 0.1) is 0 Å². The first kappa shape index (κ1) is 68.1. The van der Waals surface area contributed by atoms with Crippen molar-refractivity contribution >= 4 is 17.9 Å². The van der Waals surface area contributed by atoms with Crippen LogP contribution in [0.25, 0.3) is 0 Å². The molecule has 0 rings (SSSR count). The summed E-state index contributed by atoms with van der Waals surface area (Å²) in [5, 5.41) is 0. The number of ether oxygens (including phenoxy) is 3. The smallest absolute Gasteiger partial charge is 0.306 e. The predicted molar refractivity (Wildman–Crippen MR) is 311 cm³/mol. The van der Waals surface area contributed by atoms with Crippen LogP contribution in [0.4, 0.5) is 0 Å². The van der Waals surface area contributed by atoms with E-state index >= 15 is 0 Å². The summed E-state index contributed by atoms with van der Waals surface area (Å²) in [7, 11) is 0. The lowest BCUT2D eigenvalue weighted by molar-refractivity contribution is -0.167. The number of hydrogen-bond donors (Lipinski definition) is 0. The molecule has 0 heterocycles. The average Bonchev–Trinajstić information content (AvgIpc) is 3.38. The molecule has 6 nitrogen and oxygen atoms in total. The Bertz CT molecular complexity index is 1470. The van der Waals surface area contributed by atoms with E-state index in [1.165, 1.54) is 109 Å². The highest BCUT2D eigenvalue weighted by Gasteiger charge is 2.19. The SMILES string of the molecule is CC/C=C\C/C=C\C/C=C\C/C=C\C/C=C\CCCCCC(=O)OC(COC(=O)CCCC/C=C\C/C=C\C/C=C\C/C=C\CC)COC(=O)CCCCCCCCCCCCCCCCCCCCCC. The van der Waals surface area contributed by atoms with E-state index < -0.39 is 6.10 Å². The van der Waals surface area contributed by atoms with Crippen molar-refractivity contribution in [3.05, 3.63) is 109 Å². The van der Waals surface area contributed by atoms with Gasteiger partial charge in [-0.05, 0) is 103 Å². The zero-order valence-electron chi connectivity index (χ0n) is 46.9. The summed E-state index contributed by atoms with van der Waals surface area (Å²) in [6, 6.07) is 0. The van der Waals surface area contributed by atoms with Crippen molar-refractivity contribution in [2.45, 2.75) is 277 Å². The standard InChI is InChI=1S/C66H110O6/c1-4-7-10-13-16-19-22-25-28-30-32-34-35-38-41-44-47-50-53-56-59-65(68)71-62-63(61-70-64(67)58-55-52-49-46-43-40-37-27-24-21-18-15-12-9-6-3)72-66(69)60-57-54-51-48-45-42-39-36-33-31-29-26-23-20-17-14-11-8-5-2/h8-9,11-12,17-18,20-21,26-27,29,33,36-37,42-43,45-46,63H,4-7,10,13-16,19,22-25,28,30-32,34-35,38-41,44,47-62H2,1-3H3/b11-8-,12-9-,20-17-,21-18-,29-26-,36-33-,37-27-,45-42-,46-43-. The van der Waals surface area contributed by atoms with Gasteiger partial charge in [0, 0.05) is 19.3 Å². The van der Waals surface area contributed by atoms with Crippen LogP contribution in [0.15, 0.2) is 109 Å². The molecule has 0 spiro atoms. The fraction of sp³-hybridized carbons (Fsp3) is 0.682. The average molecular weight is 1000 g/mol. The largest absolute Gasteiger partial charge is 0.462 e. The van der Waals surface area contributed by atoms with Gasteiger partial charge in [-0.3, -0.25) is 14.4 Å². The van der Waals surface area contributed by atoms with E-state index in [-0.39, 0.29) is 37.5 Å². The fourth-order valence-corrected chi connectivity index (χ4v) is 8.11. The second-order valence-electron chi connectivity index (χ2n) is 19.5. The summed E-state index contributed by atoms with van der Waals surface area (Å²) in [6.45, 7) is 6.37. The summed E-state index contributed by atoms with van der Waals surface area (Å²) in [4.78, 5) is 38.2. The molecule has 0 fully saturated rings. The third-order valence-electron chi connectivity index (χ3n) is 12.5. The number of hydrogen-bond acceptors (Lipinski definition) is 6. The molecule has 6 heteroatoms. The molecule has 0 saturated heterocycles. The van der Waals surface area contributed by atoms with Gasteiger partial charge >= 0.3 is 17.9 Å². The third kappa shape index (κ3) is 57.0. The normalized spacial score (nSPS) is 12.9. The molecule has 0 aliphatic rings. The van der Waals surface area contributed by atoms with Gasteiger partial charge in [0.1, 0.15) is 13.2 Å². The van der Waals surface area contributed by atoms with Crippen LogP contribution in [0, 0.1) is 0 Å². The number of allylic oxidation sites excluding steroid dienone is 18. The number of esters is 3. The van der Waals surface area contributed by atoms with Crippen molar-refractivity contribution in [3.8, 4) is 0 Å². The van der Waals surface area contributed by atoms with Gasteiger partial charge in [0.15, 0.2) is 6.10 Å². The molecule has 410 valence electrons. The van der Waals surface area contributed by atoms with Crippen LogP contribution in [0.1, 0.15) is 271 Å². The Kier molecular flexibility index (Phi) is 56.4. The maximum absolute atomic E-state index is 12.9. The van der Waals surface area contributed by atoms with Gasteiger partial charge in [-0.25, -0.2) is 0 Å². The van der Waals surface area contributed by atoms with E-state index in [0.29, 0.717) is 19.3 Å². The van der Waals surface area contributed by atoms with Gasteiger partial charge in [-0.1, -0.05) is 259 Å². The Morgan fingerprint density at radius 2 is 0.542 bits per heavy atom. The van der Waals surface area contributed by atoms with Crippen LogP contribution in [-0.4, -0.2) is 37.2 Å². The zero-order chi connectivity index (χ0) is 52.2. The Hall–Kier alpha value is -3.93. The molecule has 0 N–H and O–H groups in total. The maximum Gasteiger partial charge on any atom is 0.306 e. The van der Waals surface area contributed by atoms with Crippen molar-refractivity contribution in [1.29, 1.82) is 0 Å². The minimum absolute atomic E-state index is 0.104. The summed E-state index contributed by atoms with van der Waals surface area (Å²) < 4.78 is 16.8. The highest BCUT2D eigenvalue weighted by atomic mass is 16.6. The lowest BCUT2D eigenvalue weighted by Gasteiger charge is -2.18. The van der Waals surface area contributed by atoms with Crippen LogP contribution in [0.5, 0.6) is 0 Å². The number of unbranched alkanes of at least 4 members (excludes halogenated alkanes) is 24. The molecule has 72 heavy (non-hydrogen) atoms. The lowest BCUT2D eigenvalue weighted by Crippen LogP contribution is -2.30. The number of rotatable bonds is 53. The zero-order valence-corrected chi connectivity index (χ0v) is 46.9. The van der Waals surface area contributed by atoms with E-state index in [2.05, 4.69) is 130 Å². The Balaban J connectivity index is 4.47. The molecule has 0 radical (unpaired) electrons. The Morgan fingerprint density at radius 3 is 0.875 bits per heavy atom. The van der Waals surface area contributed by atoms with Gasteiger partial charge in [-0.2, -0.15) is 0 Å². The third-order valence-corrected chi connectivity index (χ3v) is 12.5. The predicted octanol–water partition coefficient (Wildman–Crippen LogP) is 20.3. The van der Waals surface area contributed by atoms with Crippen LogP contribution >= 0.6 is 0 Å². The minimum Gasteiger partial charge on any atom is -0.462 e. The molecule has 0 saturated carbocycles. The van der Waals surface area contributed by atoms with Crippen LogP contribution in [0.3, 0.4) is 0 Å². The fourth-order valence-electron chi connectivity index (χ4n) is 8.11. The molecule has 0 amide bonds. The summed E-state index contributed by atoms with van der Waals surface area (Å²) in [6.07, 6.45) is 80.9. The molecule has 0 aromatic carbocycles. The first-order valence-electron chi connectivity index (χ1n) is 29.9. The highest BCUT2D eigenvalue weighted by Crippen LogP contribution is 2.16. The second-order valence-corrected chi connectivity index (χ2v) is 19.5. The van der Waals surface area contributed by atoms with E-state index in [1.54, 1.807) is 0 Å². The first-order chi connectivity index (χ1) is 35.5. The molecule has 0 aromatic heterocycles.